The third-order valence-electron chi connectivity index (χ3n) is 2.49. The van der Waals surface area contributed by atoms with Gasteiger partial charge >= 0.3 is 11.9 Å². The SMILES string of the molecule is CCCCCC/C=C/C(=C\CC(=O)OC)C(=O)O. The number of hydrogen-bond acceptors (Lipinski definition) is 3. The Bertz CT molecular complexity index is 316. The van der Waals surface area contributed by atoms with Crippen molar-refractivity contribution in [3.05, 3.63) is 23.8 Å². The number of carboxylic acid groups (broad SMARTS) is 1. The second kappa shape index (κ2) is 10.6. The average molecular weight is 254 g/mol. The first kappa shape index (κ1) is 16.4. The first-order valence-corrected chi connectivity index (χ1v) is 6.28. The molecule has 0 aliphatic heterocycles. The van der Waals surface area contributed by atoms with Crippen LogP contribution in [0.5, 0.6) is 0 Å². The molecule has 4 heteroatoms. The lowest BCUT2D eigenvalue weighted by molar-refractivity contribution is -0.139. The van der Waals surface area contributed by atoms with E-state index in [1.807, 2.05) is 6.08 Å². The molecule has 1 N–H and O–H groups in total. The van der Waals surface area contributed by atoms with Crippen molar-refractivity contribution in [3.8, 4) is 0 Å². The molecule has 4 nitrogen and oxygen atoms in total. The monoisotopic (exact) mass is 254 g/mol. The van der Waals surface area contributed by atoms with E-state index < -0.39 is 11.9 Å². The van der Waals surface area contributed by atoms with Gasteiger partial charge in [-0.2, -0.15) is 0 Å². The molecule has 0 aliphatic carbocycles. The predicted octanol–water partition coefficient (Wildman–Crippen LogP) is 3.09. The van der Waals surface area contributed by atoms with Gasteiger partial charge in [-0.3, -0.25) is 4.79 Å². The van der Waals surface area contributed by atoms with E-state index in [1.165, 1.54) is 26.0 Å². The van der Waals surface area contributed by atoms with E-state index >= 15 is 0 Å². The molecule has 0 fully saturated rings. The van der Waals surface area contributed by atoms with Crippen LogP contribution >= 0.6 is 0 Å². The van der Waals surface area contributed by atoms with Gasteiger partial charge in [0.2, 0.25) is 0 Å². The summed E-state index contributed by atoms with van der Waals surface area (Å²) in [6.07, 6.45) is 10.2. The van der Waals surface area contributed by atoms with Crippen molar-refractivity contribution in [1.82, 2.24) is 0 Å². The number of methoxy groups -OCH3 is 1. The minimum atomic E-state index is -1.02. The second-order valence-electron chi connectivity index (χ2n) is 4.00. The van der Waals surface area contributed by atoms with Crippen molar-refractivity contribution in [3.63, 3.8) is 0 Å². The lowest BCUT2D eigenvalue weighted by Crippen LogP contribution is -2.02. The summed E-state index contributed by atoms with van der Waals surface area (Å²) in [7, 11) is 1.28. The Labute approximate surface area is 108 Å². The number of carbonyl (C=O) groups excluding carboxylic acids is 1. The Morgan fingerprint density at radius 2 is 1.94 bits per heavy atom. The quantitative estimate of drug-likeness (QED) is 0.297. The van der Waals surface area contributed by atoms with E-state index in [2.05, 4.69) is 11.7 Å². The van der Waals surface area contributed by atoms with E-state index in [1.54, 1.807) is 6.08 Å². The molecule has 0 saturated carbocycles. The molecule has 0 aromatic heterocycles. The van der Waals surface area contributed by atoms with Crippen LogP contribution in [0.15, 0.2) is 23.8 Å². The summed E-state index contributed by atoms with van der Waals surface area (Å²) in [6.45, 7) is 2.15. The van der Waals surface area contributed by atoms with Gasteiger partial charge in [0.1, 0.15) is 0 Å². The molecule has 0 rings (SSSR count). The highest BCUT2D eigenvalue weighted by Crippen LogP contribution is 2.06. The average Bonchev–Trinajstić information content (AvgIpc) is 2.36. The van der Waals surface area contributed by atoms with Crippen LogP contribution in [-0.2, 0) is 14.3 Å². The van der Waals surface area contributed by atoms with Crippen LogP contribution in [-0.4, -0.2) is 24.2 Å². The summed E-state index contributed by atoms with van der Waals surface area (Å²) < 4.78 is 4.45. The number of ether oxygens (including phenoxy) is 1. The van der Waals surface area contributed by atoms with Gasteiger partial charge in [-0.15, -0.1) is 0 Å². The largest absolute Gasteiger partial charge is 0.478 e. The molecule has 0 saturated heterocycles. The van der Waals surface area contributed by atoms with E-state index in [-0.39, 0.29) is 12.0 Å². The molecule has 0 unspecified atom stereocenters. The van der Waals surface area contributed by atoms with Crippen molar-refractivity contribution in [1.29, 1.82) is 0 Å². The highest BCUT2D eigenvalue weighted by atomic mass is 16.5. The molecule has 0 aliphatic rings. The van der Waals surface area contributed by atoms with Crippen LogP contribution in [0.3, 0.4) is 0 Å². The summed E-state index contributed by atoms with van der Waals surface area (Å²) in [5, 5.41) is 8.93. The van der Waals surface area contributed by atoms with E-state index in [0.29, 0.717) is 0 Å². The van der Waals surface area contributed by atoms with Gasteiger partial charge in [-0.05, 0) is 12.8 Å². The predicted molar refractivity (Wildman–Crippen MR) is 70.3 cm³/mol. The van der Waals surface area contributed by atoms with Crippen LogP contribution in [0.2, 0.25) is 0 Å². The molecule has 102 valence electrons. The summed E-state index contributed by atoms with van der Waals surface area (Å²) >= 11 is 0. The number of carbonyl (C=O) groups is 2. The molecular weight excluding hydrogens is 232 g/mol. The fourth-order valence-corrected chi connectivity index (χ4v) is 1.40. The lowest BCUT2D eigenvalue weighted by Gasteiger charge is -1.97. The van der Waals surface area contributed by atoms with Crippen molar-refractivity contribution in [2.45, 2.75) is 45.4 Å². The molecule has 0 amide bonds. The van der Waals surface area contributed by atoms with E-state index in [4.69, 9.17) is 5.11 Å². The Morgan fingerprint density at radius 1 is 1.22 bits per heavy atom. The molecule has 0 aromatic rings. The van der Waals surface area contributed by atoms with Gasteiger partial charge in [0.15, 0.2) is 0 Å². The normalized spacial score (nSPS) is 11.8. The van der Waals surface area contributed by atoms with Crippen molar-refractivity contribution < 1.29 is 19.4 Å². The molecular formula is C14H22O4. The summed E-state index contributed by atoms with van der Waals surface area (Å²) in [5.74, 6) is -1.46. The lowest BCUT2D eigenvalue weighted by atomic mass is 10.1. The number of carboxylic acids is 1. The highest BCUT2D eigenvalue weighted by molar-refractivity contribution is 5.90. The number of rotatable bonds is 9. The summed E-state index contributed by atoms with van der Waals surface area (Å²) in [4.78, 5) is 21.8. The minimum absolute atomic E-state index is 0.0156. The molecule has 0 heterocycles. The Balaban J connectivity index is 4.15. The number of allylic oxidation sites excluding steroid dienone is 1. The summed E-state index contributed by atoms with van der Waals surface area (Å²) in [6, 6.07) is 0. The molecule has 0 aromatic carbocycles. The number of aliphatic carboxylic acids is 1. The maximum absolute atomic E-state index is 10.9. The number of hydrogen-bond donors (Lipinski definition) is 1. The maximum atomic E-state index is 10.9. The van der Waals surface area contributed by atoms with Crippen molar-refractivity contribution >= 4 is 11.9 Å². The van der Waals surface area contributed by atoms with Gasteiger partial charge in [0.25, 0.3) is 0 Å². The Hall–Kier alpha value is -1.58. The van der Waals surface area contributed by atoms with Gasteiger partial charge in [0, 0.05) is 0 Å². The fraction of sp³-hybridized carbons (Fsp3) is 0.571. The van der Waals surface area contributed by atoms with Crippen molar-refractivity contribution in [2.24, 2.45) is 0 Å². The number of unbranched alkanes of at least 4 members (excludes halogenated alkanes) is 4. The Morgan fingerprint density at radius 3 is 2.50 bits per heavy atom. The van der Waals surface area contributed by atoms with Gasteiger partial charge in [0.05, 0.1) is 19.1 Å². The van der Waals surface area contributed by atoms with Crippen LogP contribution < -0.4 is 0 Å². The van der Waals surface area contributed by atoms with Gasteiger partial charge in [-0.1, -0.05) is 44.4 Å². The van der Waals surface area contributed by atoms with Crippen LogP contribution in [0.25, 0.3) is 0 Å². The second-order valence-corrected chi connectivity index (χ2v) is 4.00. The van der Waals surface area contributed by atoms with Crippen LogP contribution in [0.4, 0.5) is 0 Å². The highest BCUT2D eigenvalue weighted by Gasteiger charge is 2.04. The smallest absolute Gasteiger partial charge is 0.335 e. The third-order valence-corrected chi connectivity index (χ3v) is 2.49. The standard InChI is InChI=1S/C14H22O4/c1-3-4-5-6-7-8-9-12(14(16)17)10-11-13(15)18-2/h8-10H,3-7,11H2,1-2H3,(H,16,17)/b9-8+,12-10+. The Kier molecular flexibility index (Phi) is 9.64. The van der Waals surface area contributed by atoms with E-state index in [9.17, 15) is 9.59 Å². The van der Waals surface area contributed by atoms with Crippen LogP contribution in [0.1, 0.15) is 45.4 Å². The molecule has 0 spiro atoms. The molecule has 0 atom stereocenters. The van der Waals surface area contributed by atoms with Crippen LogP contribution in [0, 0.1) is 0 Å². The zero-order chi connectivity index (χ0) is 13.8. The zero-order valence-corrected chi connectivity index (χ0v) is 11.1. The first-order valence-electron chi connectivity index (χ1n) is 6.28. The third kappa shape index (κ3) is 8.56. The van der Waals surface area contributed by atoms with Gasteiger partial charge in [-0.25, -0.2) is 4.79 Å². The number of esters is 1. The molecule has 0 bridgehead atoms. The molecule has 0 radical (unpaired) electrons. The fourth-order valence-electron chi connectivity index (χ4n) is 1.40. The van der Waals surface area contributed by atoms with Gasteiger partial charge < -0.3 is 9.84 Å². The zero-order valence-electron chi connectivity index (χ0n) is 11.1. The van der Waals surface area contributed by atoms with Crippen molar-refractivity contribution in [2.75, 3.05) is 7.11 Å². The topological polar surface area (TPSA) is 63.6 Å². The maximum Gasteiger partial charge on any atom is 0.335 e. The summed E-state index contributed by atoms with van der Waals surface area (Å²) in [5.41, 5.74) is 0.135. The molecule has 18 heavy (non-hydrogen) atoms. The van der Waals surface area contributed by atoms with E-state index in [0.717, 1.165) is 19.3 Å². The minimum Gasteiger partial charge on any atom is -0.478 e. The first-order chi connectivity index (χ1) is 8.61.